The van der Waals surface area contributed by atoms with Gasteiger partial charge in [0.05, 0.1) is 13.0 Å². The Bertz CT molecular complexity index is 496. The van der Waals surface area contributed by atoms with Crippen molar-refractivity contribution in [1.29, 1.82) is 0 Å². The highest BCUT2D eigenvalue weighted by Crippen LogP contribution is 2.31. The third-order valence-electron chi connectivity index (χ3n) is 3.46. The van der Waals surface area contributed by atoms with Crippen LogP contribution in [-0.4, -0.2) is 18.2 Å². The molecule has 106 valence electrons. The summed E-state index contributed by atoms with van der Waals surface area (Å²) in [7, 11) is 1.37. The van der Waals surface area contributed by atoms with Crippen LogP contribution >= 0.6 is 11.8 Å². The van der Waals surface area contributed by atoms with Gasteiger partial charge in [-0.3, -0.25) is 9.59 Å². The van der Waals surface area contributed by atoms with Crippen LogP contribution in [-0.2, 0) is 20.1 Å². The quantitative estimate of drug-likeness (QED) is 0.631. The smallest absolute Gasteiger partial charge is 0.309 e. The summed E-state index contributed by atoms with van der Waals surface area (Å²) in [5.41, 5.74) is 1.12. The molecule has 0 aliphatic heterocycles. The highest BCUT2D eigenvalue weighted by molar-refractivity contribution is 8.13. The van der Waals surface area contributed by atoms with Gasteiger partial charge in [-0.15, -0.1) is 0 Å². The van der Waals surface area contributed by atoms with Crippen molar-refractivity contribution in [1.82, 2.24) is 0 Å². The summed E-state index contributed by atoms with van der Waals surface area (Å²) in [5, 5.41) is 0.0774. The van der Waals surface area contributed by atoms with E-state index in [1.54, 1.807) is 0 Å². The highest BCUT2D eigenvalue weighted by atomic mass is 32.2. The molecule has 2 rings (SSSR count). The van der Waals surface area contributed by atoms with E-state index in [-0.39, 0.29) is 22.9 Å². The molecule has 1 aromatic carbocycles. The predicted molar refractivity (Wildman–Crippen MR) is 80.1 cm³/mol. The zero-order chi connectivity index (χ0) is 14.4. The van der Waals surface area contributed by atoms with E-state index in [1.807, 2.05) is 42.5 Å². The van der Waals surface area contributed by atoms with Crippen LogP contribution in [0.2, 0.25) is 0 Å². The first-order valence-corrected chi connectivity index (χ1v) is 7.64. The molecule has 2 atom stereocenters. The number of ether oxygens (including phenoxy) is 1. The number of hydrogen-bond donors (Lipinski definition) is 0. The molecule has 0 fully saturated rings. The number of carbonyl (C=O) groups excluding carboxylic acids is 2. The average Bonchev–Trinajstić information content (AvgIpc) is 2.52. The van der Waals surface area contributed by atoms with Crippen LogP contribution in [0, 0.1) is 11.8 Å². The molecule has 4 heteroatoms. The number of allylic oxidation sites excluding steroid dienone is 2. The SMILES string of the molecule is COC(=O)[C@@H]1CC=CC[C@@H]1C(=O)SCc1ccccc1. The topological polar surface area (TPSA) is 43.4 Å². The minimum absolute atomic E-state index is 0.0774. The van der Waals surface area contributed by atoms with E-state index in [0.29, 0.717) is 18.6 Å². The zero-order valence-electron chi connectivity index (χ0n) is 11.5. The lowest BCUT2D eigenvalue weighted by molar-refractivity contribution is -0.149. The van der Waals surface area contributed by atoms with Crippen molar-refractivity contribution < 1.29 is 14.3 Å². The van der Waals surface area contributed by atoms with Crippen molar-refractivity contribution in [3.8, 4) is 0 Å². The summed E-state index contributed by atoms with van der Waals surface area (Å²) >= 11 is 1.29. The van der Waals surface area contributed by atoms with Crippen molar-refractivity contribution in [2.24, 2.45) is 11.8 Å². The first-order valence-electron chi connectivity index (χ1n) is 6.65. The molecule has 20 heavy (non-hydrogen) atoms. The van der Waals surface area contributed by atoms with Gasteiger partial charge in [-0.05, 0) is 18.4 Å². The summed E-state index contributed by atoms with van der Waals surface area (Å²) in [5.74, 6) is -0.233. The molecule has 0 heterocycles. The second-order valence-electron chi connectivity index (χ2n) is 4.77. The van der Waals surface area contributed by atoms with Gasteiger partial charge in [0.25, 0.3) is 0 Å². The minimum atomic E-state index is -0.333. The van der Waals surface area contributed by atoms with E-state index < -0.39 is 0 Å². The zero-order valence-corrected chi connectivity index (χ0v) is 12.3. The van der Waals surface area contributed by atoms with Crippen molar-refractivity contribution in [2.75, 3.05) is 7.11 Å². The van der Waals surface area contributed by atoms with E-state index in [4.69, 9.17) is 4.74 Å². The number of benzene rings is 1. The molecule has 0 spiro atoms. The van der Waals surface area contributed by atoms with Gasteiger partial charge in [-0.25, -0.2) is 0 Å². The summed E-state index contributed by atoms with van der Waals surface area (Å²) in [6.45, 7) is 0. The Kier molecular flexibility index (Phi) is 5.41. The van der Waals surface area contributed by atoms with Crippen LogP contribution < -0.4 is 0 Å². The van der Waals surface area contributed by atoms with E-state index >= 15 is 0 Å². The van der Waals surface area contributed by atoms with Crippen LogP contribution in [0.15, 0.2) is 42.5 Å². The van der Waals surface area contributed by atoms with Crippen molar-refractivity contribution >= 4 is 22.8 Å². The number of esters is 1. The molecule has 3 nitrogen and oxygen atoms in total. The normalized spacial score (nSPS) is 21.4. The fourth-order valence-corrected chi connectivity index (χ4v) is 3.30. The maximum absolute atomic E-state index is 12.3. The second kappa shape index (κ2) is 7.29. The van der Waals surface area contributed by atoms with Gasteiger partial charge in [-0.1, -0.05) is 54.2 Å². The van der Waals surface area contributed by atoms with Gasteiger partial charge < -0.3 is 4.74 Å². The molecule has 0 radical (unpaired) electrons. The van der Waals surface area contributed by atoms with Crippen LogP contribution in [0.25, 0.3) is 0 Å². The van der Waals surface area contributed by atoms with Crippen LogP contribution in [0.4, 0.5) is 0 Å². The van der Waals surface area contributed by atoms with E-state index in [9.17, 15) is 9.59 Å². The largest absolute Gasteiger partial charge is 0.469 e. The van der Waals surface area contributed by atoms with Crippen LogP contribution in [0.3, 0.4) is 0 Å². The van der Waals surface area contributed by atoms with Gasteiger partial charge in [-0.2, -0.15) is 0 Å². The standard InChI is InChI=1S/C16H18O3S/c1-19-15(17)13-9-5-6-10-14(13)16(18)20-11-12-7-3-2-4-8-12/h2-8,13-14H,9-11H2,1H3/t13-,14+/m1/s1. The summed E-state index contributed by atoms with van der Waals surface area (Å²) in [4.78, 5) is 24.1. The number of hydrogen-bond acceptors (Lipinski definition) is 4. The monoisotopic (exact) mass is 290 g/mol. The molecule has 1 aliphatic carbocycles. The van der Waals surface area contributed by atoms with E-state index in [1.165, 1.54) is 18.9 Å². The van der Waals surface area contributed by atoms with E-state index in [0.717, 1.165) is 5.56 Å². The first kappa shape index (κ1) is 14.9. The fourth-order valence-electron chi connectivity index (χ4n) is 2.32. The molecular weight excluding hydrogens is 272 g/mol. The van der Waals surface area contributed by atoms with Gasteiger partial charge in [0.1, 0.15) is 0 Å². The summed E-state index contributed by atoms with van der Waals surface area (Å²) < 4.78 is 4.80. The average molecular weight is 290 g/mol. The first-order chi connectivity index (χ1) is 9.72. The molecule has 0 saturated carbocycles. The highest BCUT2D eigenvalue weighted by Gasteiger charge is 2.34. The van der Waals surface area contributed by atoms with Gasteiger partial charge in [0, 0.05) is 11.7 Å². The number of rotatable bonds is 4. The third-order valence-corrected chi connectivity index (χ3v) is 4.53. The van der Waals surface area contributed by atoms with Gasteiger partial charge in [0.15, 0.2) is 5.12 Å². The number of carbonyl (C=O) groups is 2. The maximum atomic E-state index is 12.3. The minimum Gasteiger partial charge on any atom is -0.469 e. The molecule has 1 aromatic rings. The Morgan fingerprint density at radius 3 is 2.45 bits per heavy atom. The van der Waals surface area contributed by atoms with Crippen molar-refractivity contribution in [3.63, 3.8) is 0 Å². The fraction of sp³-hybridized carbons (Fsp3) is 0.375. The Balaban J connectivity index is 1.96. The molecule has 0 amide bonds. The molecule has 0 N–H and O–H groups in total. The maximum Gasteiger partial charge on any atom is 0.309 e. The molecule has 0 saturated heterocycles. The van der Waals surface area contributed by atoms with Crippen LogP contribution in [0.1, 0.15) is 18.4 Å². The Morgan fingerprint density at radius 1 is 1.15 bits per heavy atom. The lowest BCUT2D eigenvalue weighted by Gasteiger charge is -2.24. The molecule has 0 unspecified atom stereocenters. The predicted octanol–water partition coefficient (Wildman–Crippen LogP) is 3.20. The van der Waals surface area contributed by atoms with Crippen molar-refractivity contribution in [3.05, 3.63) is 48.0 Å². The number of methoxy groups -OCH3 is 1. The Hall–Kier alpha value is -1.55. The molecule has 1 aliphatic rings. The Labute approximate surface area is 123 Å². The van der Waals surface area contributed by atoms with Gasteiger partial charge in [0.2, 0.25) is 0 Å². The number of thioether (sulfide) groups is 1. The molecule has 0 bridgehead atoms. The summed E-state index contributed by atoms with van der Waals surface area (Å²) in [6, 6.07) is 9.87. The second-order valence-corrected chi connectivity index (χ2v) is 5.75. The summed E-state index contributed by atoms with van der Waals surface area (Å²) in [6.07, 6.45) is 5.15. The van der Waals surface area contributed by atoms with Gasteiger partial charge >= 0.3 is 5.97 Å². The lowest BCUT2D eigenvalue weighted by atomic mass is 9.84. The molecule has 0 aromatic heterocycles. The van der Waals surface area contributed by atoms with E-state index in [2.05, 4.69) is 0 Å². The third kappa shape index (κ3) is 3.73. The van der Waals surface area contributed by atoms with Crippen LogP contribution in [0.5, 0.6) is 0 Å². The lowest BCUT2D eigenvalue weighted by Crippen LogP contribution is -2.30. The Morgan fingerprint density at radius 2 is 1.80 bits per heavy atom. The van der Waals surface area contributed by atoms with Crippen molar-refractivity contribution in [2.45, 2.75) is 18.6 Å². The molecular formula is C16H18O3S.